The molecule has 0 bridgehead atoms. The van der Waals surface area contributed by atoms with Gasteiger partial charge in [-0.1, -0.05) is 98.1 Å². The predicted molar refractivity (Wildman–Crippen MR) is 218 cm³/mol. The molecule has 298 valence electrons. The third-order valence-corrected chi connectivity index (χ3v) is 16.2. The summed E-state index contributed by atoms with van der Waals surface area (Å²) in [6.07, 6.45) is -1.52. The fourth-order valence-corrected chi connectivity index (χ4v) is 8.84. The highest BCUT2D eigenvalue weighted by molar-refractivity contribution is 7.36. The Labute approximate surface area is 327 Å². The number of nitrogens with zero attached hydrogens (tertiary/aromatic N) is 1. The molecule has 11 nitrogen and oxygen atoms in total. The van der Waals surface area contributed by atoms with Gasteiger partial charge in [-0.25, -0.2) is 4.79 Å². The van der Waals surface area contributed by atoms with Crippen molar-refractivity contribution in [3.63, 3.8) is 0 Å². The van der Waals surface area contributed by atoms with Crippen LogP contribution in [-0.4, -0.2) is 69.6 Å². The standard InChI is InChI=1S/C36H43N2O8PSi.C6H15N/c1-35(2,3)48(5,6)46-32-29(24-47(41)42)30(45-33(32)38-22-21-31(39)37-34(38)40)23-44-36(25-13-9-7-10-14-25,26-15-11-8-12-16-26)27-17-19-28(43-4)20-18-27;1-4-7(5-2)6-3/h7-22,29-30,32-33H,23-24H2,1-6H3,(H,37,39,40);4-6H2,1-3H3/p+1/t29-,30-,32-,33-;/m1./s1. The molecule has 2 heterocycles. The van der Waals surface area contributed by atoms with E-state index >= 15 is 0 Å². The van der Waals surface area contributed by atoms with Crippen molar-refractivity contribution in [3.8, 4) is 5.75 Å². The molecule has 2 N–H and O–H groups in total. The first-order valence-electron chi connectivity index (χ1n) is 19.1. The Morgan fingerprint density at radius 1 is 0.855 bits per heavy atom. The number of ether oxygens (including phenoxy) is 3. The number of methoxy groups -OCH3 is 1. The van der Waals surface area contributed by atoms with E-state index in [4.69, 9.17) is 18.6 Å². The van der Waals surface area contributed by atoms with E-state index in [2.05, 4.69) is 59.6 Å². The first-order valence-corrected chi connectivity index (χ1v) is 23.4. The first-order chi connectivity index (χ1) is 26.1. The predicted octanol–water partition coefficient (Wildman–Crippen LogP) is 5.49. The van der Waals surface area contributed by atoms with Crippen LogP contribution < -0.4 is 25.8 Å². The van der Waals surface area contributed by atoms with Crippen LogP contribution >= 0.6 is 8.03 Å². The van der Waals surface area contributed by atoms with Gasteiger partial charge in [0.2, 0.25) is 0 Å². The fourth-order valence-electron chi connectivity index (χ4n) is 6.73. The van der Waals surface area contributed by atoms with E-state index in [0.717, 1.165) is 16.7 Å². The third kappa shape index (κ3) is 10.6. The SMILES string of the molecule is CC[NH+](CC)CC.COc1ccc(C(OC[C@H]2O[C@@H](n3ccc(=O)[nH]c3=O)[C@H](O[Si](C)(C)C(C)(C)C)[C@@H]2C[P+](=O)[O-])(c2ccccc2)c2ccccc2)cc1. The second-order valence-corrected chi connectivity index (χ2v) is 21.2. The molecule has 1 fully saturated rings. The zero-order valence-corrected chi connectivity index (χ0v) is 35.6. The minimum absolute atomic E-state index is 0.0460. The maximum absolute atomic E-state index is 13.1. The molecule has 0 amide bonds. The van der Waals surface area contributed by atoms with Crippen LogP contribution in [0, 0.1) is 5.92 Å². The molecule has 0 aliphatic carbocycles. The Kier molecular flexibility index (Phi) is 15.5. The van der Waals surface area contributed by atoms with E-state index in [0.29, 0.717) is 5.75 Å². The zero-order chi connectivity index (χ0) is 40.4. The van der Waals surface area contributed by atoms with Gasteiger partial charge in [0.1, 0.15) is 11.4 Å². The number of aromatic amines is 1. The molecule has 5 rings (SSSR count). The van der Waals surface area contributed by atoms with Gasteiger partial charge in [0, 0.05) is 12.3 Å². The molecular formula is C42H59N3O8PSi+. The molecule has 4 aromatic rings. The molecule has 55 heavy (non-hydrogen) atoms. The third-order valence-electron chi connectivity index (χ3n) is 11.0. The number of rotatable bonds is 15. The first kappa shape index (κ1) is 44.0. The van der Waals surface area contributed by atoms with Crippen molar-refractivity contribution >= 4 is 16.3 Å². The summed E-state index contributed by atoms with van der Waals surface area (Å²) in [5, 5.41) is -0.226. The minimum Gasteiger partial charge on any atom is -0.596 e. The lowest BCUT2D eigenvalue weighted by Gasteiger charge is -2.40. The summed E-state index contributed by atoms with van der Waals surface area (Å²) in [6.45, 7) is 20.8. The molecule has 13 heteroatoms. The highest BCUT2D eigenvalue weighted by atomic mass is 31.1. The van der Waals surface area contributed by atoms with E-state index in [9.17, 15) is 19.0 Å². The van der Waals surface area contributed by atoms with Crippen molar-refractivity contribution in [2.75, 3.05) is 39.5 Å². The highest BCUT2D eigenvalue weighted by Gasteiger charge is 2.53. The molecule has 1 unspecified atom stereocenters. The number of aromatic nitrogens is 2. The lowest BCUT2D eigenvalue weighted by molar-refractivity contribution is -0.894. The van der Waals surface area contributed by atoms with Crippen LogP contribution in [0.4, 0.5) is 0 Å². The summed E-state index contributed by atoms with van der Waals surface area (Å²) < 4.78 is 39.8. The van der Waals surface area contributed by atoms with E-state index in [-0.39, 0.29) is 17.8 Å². The number of quaternary nitrogens is 1. The van der Waals surface area contributed by atoms with Crippen LogP contribution in [0.2, 0.25) is 18.1 Å². The summed E-state index contributed by atoms with van der Waals surface area (Å²) in [7, 11) is -3.80. The van der Waals surface area contributed by atoms with Crippen molar-refractivity contribution in [2.45, 2.75) is 83.7 Å². The Bertz CT molecular complexity index is 1870. The highest BCUT2D eigenvalue weighted by Crippen LogP contribution is 2.47. The van der Waals surface area contributed by atoms with Gasteiger partial charge in [0.05, 0.1) is 51.5 Å². The smallest absolute Gasteiger partial charge is 0.330 e. The van der Waals surface area contributed by atoms with Gasteiger partial charge in [-0.15, -0.1) is 0 Å². The van der Waals surface area contributed by atoms with Gasteiger partial charge in [0.15, 0.2) is 20.7 Å². The molecule has 1 aliphatic heterocycles. The summed E-state index contributed by atoms with van der Waals surface area (Å²) in [4.78, 5) is 41.5. The lowest BCUT2D eigenvalue weighted by Crippen LogP contribution is -3.11. The van der Waals surface area contributed by atoms with Crippen LogP contribution in [0.3, 0.4) is 0 Å². The summed E-state index contributed by atoms with van der Waals surface area (Å²) in [5.41, 5.74) is 0.175. The average molecular weight is 793 g/mol. The van der Waals surface area contributed by atoms with E-state index in [1.807, 2.05) is 84.9 Å². The van der Waals surface area contributed by atoms with Crippen LogP contribution in [0.25, 0.3) is 0 Å². The summed E-state index contributed by atoms with van der Waals surface area (Å²) >= 11 is 0. The van der Waals surface area contributed by atoms with Crippen molar-refractivity contribution in [2.24, 2.45) is 5.92 Å². The molecule has 0 saturated carbocycles. The van der Waals surface area contributed by atoms with Gasteiger partial charge >= 0.3 is 13.7 Å². The molecule has 1 aromatic heterocycles. The lowest BCUT2D eigenvalue weighted by atomic mass is 9.80. The van der Waals surface area contributed by atoms with Crippen molar-refractivity contribution in [3.05, 3.63) is 135 Å². The summed E-state index contributed by atoms with van der Waals surface area (Å²) in [5.74, 6) is -0.00352. The van der Waals surface area contributed by atoms with Crippen molar-refractivity contribution < 1.29 is 33.0 Å². The Morgan fingerprint density at radius 3 is 1.82 bits per heavy atom. The van der Waals surface area contributed by atoms with Crippen LogP contribution in [0.15, 0.2) is 107 Å². The number of hydrogen-bond donors (Lipinski definition) is 2. The molecule has 0 radical (unpaired) electrons. The molecule has 1 aliphatic rings. The molecule has 0 spiro atoms. The van der Waals surface area contributed by atoms with E-state index in [1.54, 1.807) is 12.0 Å². The van der Waals surface area contributed by atoms with Crippen LogP contribution in [0.1, 0.15) is 64.5 Å². The van der Waals surface area contributed by atoms with Gasteiger partial charge in [-0.3, -0.25) is 14.3 Å². The largest absolute Gasteiger partial charge is 0.596 e. The monoisotopic (exact) mass is 792 g/mol. The van der Waals surface area contributed by atoms with Gasteiger partial charge < -0.3 is 28.4 Å². The molecule has 3 aromatic carbocycles. The molecule has 1 saturated heterocycles. The fraction of sp³-hybridized carbons (Fsp3) is 0.476. The van der Waals surface area contributed by atoms with Crippen LogP contribution in [-0.2, 0) is 24.1 Å². The number of benzene rings is 3. The average Bonchev–Trinajstić information content (AvgIpc) is 3.48. The zero-order valence-electron chi connectivity index (χ0n) is 33.7. The second kappa shape index (κ2) is 19.4. The molecule has 5 atom stereocenters. The molecular weight excluding hydrogens is 734 g/mol. The maximum atomic E-state index is 13.1. The second-order valence-electron chi connectivity index (χ2n) is 15.4. The summed E-state index contributed by atoms with van der Waals surface area (Å²) in [6, 6.07) is 28.5. The van der Waals surface area contributed by atoms with Crippen molar-refractivity contribution in [1.82, 2.24) is 9.55 Å². The quantitative estimate of drug-likeness (QED) is 0.0917. The minimum atomic E-state index is -2.87. The van der Waals surface area contributed by atoms with Gasteiger partial charge in [-0.05, 0) is 67.7 Å². The normalized spacial score (nSPS) is 19.1. The van der Waals surface area contributed by atoms with E-state index < -0.39 is 57.5 Å². The number of hydrogen-bond acceptors (Lipinski definition) is 8. The van der Waals surface area contributed by atoms with E-state index in [1.165, 1.54) is 36.5 Å². The van der Waals surface area contributed by atoms with Crippen molar-refractivity contribution in [1.29, 1.82) is 0 Å². The Morgan fingerprint density at radius 2 is 1.38 bits per heavy atom. The number of H-pyrrole nitrogens is 1. The topological polar surface area (TPSA) is 136 Å². The Hall–Kier alpha value is -3.74. The van der Waals surface area contributed by atoms with Gasteiger partial charge in [-0.2, -0.15) is 0 Å². The van der Waals surface area contributed by atoms with Crippen LogP contribution in [0.5, 0.6) is 5.75 Å². The Balaban J connectivity index is 0.000000876. The maximum Gasteiger partial charge on any atom is 0.330 e. The number of nitrogens with one attached hydrogen (secondary N) is 2. The van der Waals surface area contributed by atoms with Gasteiger partial charge in [0.25, 0.3) is 5.56 Å².